The van der Waals surface area contributed by atoms with Gasteiger partial charge in [0.2, 0.25) is 0 Å². The summed E-state index contributed by atoms with van der Waals surface area (Å²) in [5.74, 6) is 0.529. The summed E-state index contributed by atoms with van der Waals surface area (Å²) < 4.78 is 0. The number of H-pyrrole nitrogens is 1. The van der Waals surface area contributed by atoms with Gasteiger partial charge in [-0.15, -0.1) is 0 Å². The average Bonchev–Trinajstić information content (AvgIpc) is 2.68. The molecule has 2 atom stereocenters. The van der Waals surface area contributed by atoms with Crippen molar-refractivity contribution in [1.82, 2.24) is 15.3 Å². The lowest BCUT2D eigenvalue weighted by molar-refractivity contribution is -0.904. The van der Waals surface area contributed by atoms with Crippen molar-refractivity contribution in [3.05, 3.63) is 75.3 Å². The fourth-order valence-electron chi connectivity index (χ4n) is 3.12. The fourth-order valence-corrected chi connectivity index (χ4v) is 3.25. The van der Waals surface area contributed by atoms with Crippen molar-refractivity contribution < 1.29 is 9.69 Å². The van der Waals surface area contributed by atoms with Crippen LogP contribution in [0.25, 0.3) is 10.9 Å². The van der Waals surface area contributed by atoms with Gasteiger partial charge >= 0.3 is 0 Å². The molecule has 0 saturated heterocycles. The number of aromatic nitrogens is 2. The van der Waals surface area contributed by atoms with Gasteiger partial charge in [-0.2, -0.15) is 0 Å². The van der Waals surface area contributed by atoms with E-state index >= 15 is 0 Å². The first-order valence-corrected chi connectivity index (χ1v) is 9.70. The van der Waals surface area contributed by atoms with Crippen molar-refractivity contribution >= 4 is 28.4 Å². The Hall–Kier alpha value is -2.70. The van der Waals surface area contributed by atoms with Gasteiger partial charge < -0.3 is 15.2 Å². The number of halogens is 1. The zero-order valence-electron chi connectivity index (χ0n) is 16.0. The van der Waals surface area contributed by atoms with Crippen LogP contribution in [0.5, 0.6) is 0 Å². The maximum Gasteiger partial charge on any atom is 0.275 e. The minimum Gasteiger partial charge on any atom is -0.345 e. The number of quaternary nitrogens is 1. The summed E-state index contributed by atoms with van der Waals surface area (Å²) in [5.41, 5.74) is 1.51. The lowest BCUT2D eigenvalue weighted by atomic mass is 10.1. The van der Waals surface area contributed by atoms with Crippen LogP contribution in [0.15, 0.2) is 53.3 Å². The van der Waals surface area contributed by atoms with Crippen molar-refractivity contribution in [3.8, 4) is 0 Å². The number of amides is 1. The summed E-state index contributed by atoms with van der Waals surface area (Å²) in [4.78, 5) is 33.1. The van der Waals surface area contributed by atoms with Crippen LogP contribution in [0.3, 0.4) is 0 Å². The van der Waals surface area contributed by atoms with E-state index < -0.39 is 0 Å². The number of para-hydroxylation sites is 1. The van der Waals surface area contributed by atoms with Crippen LogP contribution < -0.4 is 15.8 Å². The Morgan fingerprint density at radius 1 is 1.21 bits per heavy atom. The highest BCUT2D eigenvalue weighted by Crippen LogP contribution is 2.15. The number of hydrogen-bond donors (Lipinski definition) is 3. The number of fused-ring (bicyclic) bond motifs is 1. The lowest BCUT2D eigenvalue weighted by Gasteiger charge is -2.19. The molecular formula is C21H24ClN4O2+. The van der Waals surface area contributed by atoms with E-state index in [2.05, 4.69) is 15.3 Å². The Kier molecular flexibility index (Phi) is 6.44. The minimum atomic E-state index is -0.156. The molecular weight excluding hydrogens is 376 g/mol. The number of hydrogen-bond acceptors (Lipinski definition) is 3. The number of carbonyl (C=O) groups excluding carboxylic acids is 1. The Labute approximate surface area is 168 Å². The lowest BCUT2D eigenvalue weighted by Crippen LogP contribution is -3.11. The van der Waals surface area contributed by atoms with Crippen LogP contribution in [0.2, 0.25) is 5.02 Å². The highest BCUT2D eigenvalue weighted by Gasteiger charge is 2.17. The van der Waals surface area contributed by atoms with Crippen LogP contribution in [-0.2, 0) is 11.3 Å². The van der Waals surface area contributed by atoms with Crippen molar-refractivity contribution in [3.63, 3.8) is 0 Å². The Balaban J connectivity index is 1.64. The average molecular weight is 400 g/mol. The molecule has 0 aliphatic carbocycles. The highest BCUT2D eigenvalue weighted by atomic mass is 35.5. The maximum atomic E-state index is 12.5. The van der Waals surface area contributed by atoms with Gasteiger partial charge in [0, 0.05) is 5.02 Å². The van der Waals surface area contributed by atoms with E-state index in [4.69, 9.17) is 11.6 Å². The van der Waals surface area contributed by atoms with Crippen LogP contribution in [0.1, 0.15) is 31.3 Å². The summed E-state index contributed by atoms with van der Waals surface area (Å²) >= 11 is 5.91. The largest absolute Gasteiger partial charge is 0.345 e. The molecule has 3 N–H and O–H groups in total. The molecule has 1 aromatic heterocycles. The van der Waals surface area contributed by atoms with Crippen LogP contribution >= 0.6 is 11.6 Å². The Morgan fingerprint density at radius 2 is 1.93 bits per heavy atom. The molecule has 1 unspecified atom stereocenters. The third-order valence-corrected chi connectivity index (χ3v) is 4.99. The summed E-state index contributed by atoms with van der Waals surface area (Å²) in [6.45, 7) is 5.45. The van der Waals surface area contributed by atoms with Gasteiger partial charge in [0.25, 0.3) is 11.5 Å². The molecule has 0 bridgehead atoms. The molecule has 1 amide bonds. The molecule has 0 fully saturated rings. The van der Waals surface area contributed by atoms with E-state index in [-0.39, 0.29) is 17.5 Å². The summed E-state index contributed by atoms with van der Waals surface area (Å²) in [6, 6.07) is 14.6. The van der Waals surface area contributed by atoms with Gasteiger partial charge in [0.1, 0.15) is 6.54 Å². The second kappa shape index (κ2) is 8.99. The van der Waals surface area contributed by atoms with Gasteiger partial charge in [0.05, 0.1) is 23.5 Å². The smallest absolute Gasteiger partial charge is 0.275 e. The molecule has 0 radical (unpaired) electrons. The van der Waals surface area contributed by atoms with E-state index in [1.54, 1.807) is 6.07 Å². The summed E-state index contributed by atoms with van der Waals surface area (Å²) in [6.07, 6.45) is 0. The van der Waals surface area contributed by atoms with Gasteiger partial charge in [0.15, 0.2) is 12.4 Å². The molecule has 0 saturated carbocycles. The second-order valence-electron chi connectivity index (χ2n) is 6.83. The minimum absolute atomic E-state index is 0.0533. The first kappa shape index (κ1) is 20.0. The molecule has 6 nitrogen and oxygen atoms in total. The van der Waals surface area contributed by atoms with Crippen molar-refractivity contribution in [2.45, 2.75) is 26.4 Å². The summed E-state index contributed by atoms with van der Waals surface area (Å²) in [7, 11) is 0. The maximum absolute atomic E-state index is 12.5. The van der Waals surface area contributed by atoms with Crippen LogP contribution in [0, 0.1) is 0 Å². The van der Waals surface area contributed by atoms with Crippen molar-refractivity contribution in [2.75, 3.05) is 13.1 Å². The predicted molar refractivity (Wildman–Crippen MR) is 110 cm³/mol. The molecule has 3 rings (SSSR count). The van der Waals surface area contributed by atoms with Gasteiger partial charge in [-0.1, -0.05) is 35.9 Å². The second-order valence-corrected chi connectivity index (χ2v) is 7.26. The first-order chi connectivity index (χ1) is 13.5. The van der Waals surface area contributed by atoms with Gasteiger partial charge in [-0.25, -0.2) is 4.98 Å². The molecule has 1 heterocycles. The highest BCUT2D eigenvalue weighted by molar-refractivity contribution is 6.30. The van der Waals surface area contributed by atoms with Crippen LogP contribution in [-0.4, -0.2) is 29.0 Å². The van der Waals surface area contributed by atoms with E-state index in [1.165, 1.54) is 0 Å². The summed E-state index contributed by atoms with van der Waals surface area (Å²) in [5, 5.41) is 4.25. The van der Waals surface area contributed by atoms with Crippen LogP contribution in [0.4, 0.5) is 0 Å². The molecule has 3 aromatic rings. The van der Waals surface area contributed by atoms with Crippen molar-refractivity contribution in [2.24, 2.45) is 0 Å². The van der Waals surface area contributed by atoms with E-state index in [0.717, 1.165) is 17.0 Å². The van der Waals surface area contributed by atoms with E-state index in [0.29, 0.717) is 34.8 Å². The fraction of sp³-hybridized carbons (Fsp3) is 0.286. The third kappa shape index (κ3) is 4.97. The van der Waals surface area contributed by atoms with E-state index in [9.17, 15) is 9.59 Å². The van der Waals surface area contributed by atoms with E-state index in [1.807, 2.05) is 56.3 Å². The number of aromatic amines is 1. The number of carbonyl (C=O) groups is 1. The zero-order chi connectivity index (χ0) is 20.1. The monoisotopic (exact) mass is 399 g/mol. The number of rotatable bonds is 7. The molecule has 28 heavy (non-hydrogen) atoms. The number of benzene rings is 2. The molecule has 146 valence electrons. The first-order valence-electron chi connectivity index (χ1n) is 9.32. The van der Waals surface area contributed by atoms with Gasteiger partial charge in [-0.05, 0) is 43.7 Å². The molecule has 7 heteroatoms. The Morgan fingerprint density at radius 3 is 2.64 bits per heavy atom. The van der Waals surface area contributed by atoms with Crippen molar-refractivity contribution in [1.29, 1.82) is 0 Å². The molecule has 0 aliphatic heterocycles. The topological polar surface area (TPSA) is 79.3 Å². The standard InChI is InChI=1S/C21H23ClN4O2/c1-3-26(12-19-24-18-7-5-4-6-17(18)21(28)25-19)13-20(27)23-14(2)15-8-10-16(22)11-9-15/h4-11,14H,3,12-13H2,1-2H3,(H,23,27)(H,24,25,28)/p+1/t14-/m1/s1. The number of nitrogens with one attached hydrogen (secondary N) is 3. The quantitative estimate of drug-likeness (QED) is 0.567. The number of likely N-dealkylation sites (N-methyl/N-ethyl adjacent to an activating group) is 1. The predicted octanol–water partition coefficient (Wildman–Crippen LogP) is 1.86. The third-order valence-electron chi connectivity index (χ3n) is 4.74. The number of nitrogens with zero attached hydrogens (tertiary/aromatic N) is 1. The normalized spacial score (nSPS) is 13.2. The zero-order valence-corrected chi connectivity index (χ0v) is 16.7. The Bertz CT molecular complexity index is 1020. The molecule has 0 aliphatic rings. The van der Waals surface area contributed by atoms with Gasteiger partial charge in [-0.3, -0.25) is 9.59 Å². The molecule has 2 aromatic carbocycles. The molecule has 0 spiro atoms. The SMILES string of the molecule is CC[NH+](CC(=O)N[C@H](C)c1ccc(Cl)cc1)Cc1nc2ccccc2c(=O)[nH]1.